The minimum Gasteiger partial charge on any atom is -0.459 e. The van der Waals surface area contributed by atoms with Crippen LogP contribution in [0.3, 0.4) is 0 Å². The van der Waals surface area contributed by atoms with Crippen molar-refractivity contribution in [3.05, 3.63) is 35.4 Å². The molecule has 0 saturated heterocycles. The highest BCUT2D eigenvalue weighted by Crippen LogP contribution is 2.41. The van der Waals surface area contributed by atoms with E-state index in [0.717, 1.165) is 43.6 Å². The van der Waals surface area contributed by atoms with E-state index in [2.05, 4.69) is 0 Å². The Kier molecular flexibility index (Phi) is 9.00. The third kappa shape index (κ3) is 6.82. The first-order valence-electron chi connectivity index (χ1n) is 11.5. The number of hydrogen-bond acceptors (Lipinski definition) is 4. The molecule has 2 aliphatic carbocycles. The summed E-state index contributed by atoms with van der Waals surface area (Å²) in [5, 5.41) is 0. The highest BCUT2D eigenvalue weighted by molar-refractivity contribution is 5.89. The van der Waals surface area contributed by atoms with E-state index in [0.29, 0.717) is 12.2 Å². The van der Waals surface area contributed by atoms with Crippen molar-refractivity contribution in [2.24, 2.45) is 17.8 Å². The van der Waals surface area contributed by atoms with Gasteiger partial charge >= 0.3 is 5.97 Å². The van der Waals surface area contributed by atoms with Crippen LogP contribution in [-0.2, 0) is 20.6 Å². The molecule has 1 aromatic rings. The van der Waals surface area contributed by atoms with E-state index in [-0.39, 0.29) is 12.1 Å². The van der Waals surface area contributed by atoms with Gasteiger partial charge in [0.25, 0.3) is 0 Å². The van der Waals surface area contributed by atoms with Crippen LogP contribution in [0.1, 0.15) is 73.7 Å². The van der Waals surface area contributed by atoms with Gasteiger partial charge in [-0.15, -0.1) is 0 Å². The first-order chi connectivity index (χ1) is 14.2. The van der Waals surface area contributed by atoms with Crippen molar-refractivity contribution in [3.8, 4) is 0 Å². The van der Waals surface area contributed by atoms with Crippen LogP contribution in [0.5, 0.6) is 0 Å². The molecule has 0 unspecified atom stereocenters. The van der Waals surface area contributed by atoms with Gasteiger partial charge in [0.05, 0.1) is 12.2 Å². The van der Waals surface area contributed by atoms with Crippen LogP contribution in [0.25, 0.3) is 0 Å². The molecule has 3 rings (SSSR count). The number of methoxy groups -OCH3 is 2. The number of rotatable bonds is 9. The number of ether oxygens (including phenoxy) is 3. The molecule has 4 heteroatoms. The van der Waals surface area contributed by atoms with Crippen LogP contribution < -0.4 is 0 Å². The largest absolute Gasteiger partial charge is 0.459 e. The zero-order valence-electron chi connectivity index (χ0n) is 18.2. The minimum absolute atomic E-state index is 0.0879. The molecule has 0 atom stereocenters. The van der Waals surface area contributed by atoms with E-state index >= 15 is 0 Å². The lowest BCUT2D eigenvalue weighted by atomic mass is 9.70. The molecule has 2 fully saturated rings. The minimum atomic E-state index is -0.176. The fraction of sp³-hybridized carbons (Fsp3) is 0.720. The summed E-state index contributed by atoms with van der Waals surface area (Å²) in [5.41, 5.74) is 1.84. The maximum Gasteiger partial charge on any atom is 0.338 e. The Morgan fingerprint density at radius 3 is 2.00 bits per heavy atom. The fourth-order valence-electron chi connectivity index (χ4n) is 5.16. The molecule has 0 radical (unpaired) electrons. The number of carbonyl (C=O) groups is 1. The third-order valence-corrected chi connectivity index (χ3v) is 7.07. The summed E-state index contributed by atoms with van der Waals surface area (Å²) in [5.74, 6) is 2.40. The predicted molar refractivity (Wildman–Crippen MR) is 115 cm³/mol. The summed E-state index contributed by atoms with van der Waals surface area (Å²) in [6.45, 7) is 1.60. The molecule has 0 amide bonds. The van der Waals surface area contributed by atoms with Crippen molar-refractivity contribution in [1.82, 2.24) is 0 Å². The number of benzene rings is 1. The fourth-order valence-corrected chi connectivity index (χ4v) is 5.16. The standard InChI is InChI=1S/C25H38O4/c1-27-17-15-19-3-7-21(8-4-19)22-11-13-24(14-12-22)29-25(26)23-9-5-20(6-10-23)16-18-28-2/h5-6,9-10,19,21-22,24H,3-4,7-8,11-18H2,1-2H3. The van der Waals surface area contributed by atoms with Gasteiger partial charge in [-0.2, -0.15) is 0 Å². The lowest BCUT2D eigenvalue weighted by molar-refractivity contribution is 0.0107. The Bertz CT molecular complexity index is 596. The van der Waals surface area contributed by atoms with Crippen molar-refractivity contribution in [1.29, 1.82) is 0 Å². The summed E-state index contributed by atoms with van der Waals surface area (Å²) >= 11 is 0. The highest BCUT2D eigenvalue weighted by Gasteiger charge is 2.32. The quantitative estimate of drug-likeness (QED) is 0.516. The summed E-state index contributed by atoms with van der Waals surface area (Å²) in [4.78, 5) is 12.5. The molecule has 0 spiro atoms. The topological polar surface area (TPSA) is 44.8 Å². The van der Waals surface area contributed by atoms with Crippen LogP contribution in [0, 0.1) is 17.8 Å². The molecular formula is C25H38O4. The predicted octanol–water partition coefficient (Wildman–Crippen LogP) is 5.43. The average Bonchev–Trinajstić information content (AvgIpc) is 2.77. The van der Waals surface area contributed by atoms with Crippen LogP contribution in [0.2, 0.25) is 0 Å². The molecule has 0 heterocycles. The van der Waals surface area contributed by atoms with E-state index in [1.807, 2.05) is 24.3 Å². The summed E-state index contributed by atoms with van der Waals surface area (Å²) < 4.78 is 16.2. The Balaban J connectivity index is 1.38. The molecule has 1 aromatic carbocycles. The number of esters is 1. The maximum absolute atomic E-state index is 12.5. The van der Waals surface area contributed by atoms with Gasteiger partial charge in [-0.25, -0.2) is 4.79 Å². The maximum atomic E-state index is 12.5. The van der Waals surface area contributed by atoms with Gasteiger partial charge in [-0.3, -0.25) is 0 Å². The van der Waals surface area contributed by atoms with E-state index in [9.17, 15) is 4.79 Å². The van der Waals surface area contributed by atoms with Crippen LogP contribution >= 0.6 is 0 Å². The monoisotopic (exact) mass is 402 g/mol. The van der Waals surface area contributed by atoms with Crippen LogP contribution in [-0.4, -0.2) is 39.5 Å². The van der Waals surface area contributed by atoms with Crippen molar-refractivity contribution >= 4 is 5.97 Å². The van der Waals surface area contributed by atoms with Crippen LogP contribution in [0.15, 0.2) is 24.3 Å². The van der Waals surface area contributed by atoms with E-state index in [1.54, 1.807) is 14.2 Å². The molecule has 0 aliphatic heterocycles. The Morgan fingerprint density at radius 2 is 1.41 bits per heavy atom. The molecule has 162 valence electrons. The molecular weight excluding hydrogens is 364 g/mol. The molecule has 0 bridgehead atoms. The van der Waals surface area contributed by atoms with Crippen molar-refractivity contribution in [2.45, 2.75) is 70.3 Å². The first-order valence-corrected chi connectivity index (χ1v) is 11.5. The molecule has 29 heavy (non-hydrogen) atoms. The average molecular weight is 403 g/mol. The Labute approximate surface area is 176 Å². The molecule has 2 aliphatic rings. The lowest BCUT2D eigenvalue weighted by Crippen LogP contribution is -2.30. The smallest absolute Gasteiger partial charge is 0.338 e. The molecule has 0 aromatic heterocycles. The van der Waals surface area contributed by atoms with Gasteiger partial charge in [0.15, 0.2) is 0 Å². The van der Waals surface area contributed by atoms with Gasteiger partial charge in [0.2, 0.25) is 0 Å². The Hall–Kier alpha value is -1.39. The van der Waals surface area contributed by atoms with Gasteiger partial charge in [0, 0.05) is 20.8 Å². The van der Waals surface area contributed by atoms with Gasteiger partial charge in [-0.05, 0) is 86.8 Å². The van der Waals surface area contributed by atoms with Crippen molar-refractivity contribution in [3.63, 3.8) is 0 Å². The van der Waals surface area contributed by atoms with Crippen molar-refractivity contribution < 1.29 is 19.0 Å². The van der Waals surface area contributed by atoms with Gasteiger partial charge in [-0.1, -0.05) is 25.0 Å². The lowest BCUT2D eigenvalue weighted by Gasteiger charge is -2.37. The molecule has 2 saturated carbocycles. The normalized spacial score (nSPS) is 27.5. The summed E-state index contributed by atoms with van der Waals surface area (Å²) in [6, 6.07) is 7.74. The summed E-state index contributed by atoms with van der Waals surface area (Å²) in [6.07, 6.45) is 12.1. The molecule has 4 nitrogen and oxygen atoms in total. The second kappa shape index (κ2) is 11.7. The van der Waals surface area contributed by atoms with Crippen molar-refractivity contribution in [2.75, 3.05) is 27.4 Å². The molecule has 0 N–H and O–H groups in total. The number of hydrogen-bond donors (Lipinski definition) is 0. The van der Waals surface area contributed by atoms with E-state index in [1.165, 1.54) is 50.5 Å². The zero-order chi connectivity index (χ0) is 20.5. The van der Waals surface area contributed by atoms with E-state index < -0.39 is 0 Å². The second-order valence-corrected chi connectivity index (χ2v) is 8.94. The number of carbonyl (C=O) groups excluding carboxylic acids is 1. The summed E-state index contributed by atoms with van der Waals surface area (Å²) in [7, 11) is 3.50. The highest BCUT2D eigenvalue weighted by atomic mass is 16.5. The Morgan fingerprint density at radius 1 is 0.828 bits per heavy atom. The zero-order valence-corrected chi connectivity index (χ0v) is 18.2. The third-order valence-electron chi connectivity index (χ3n) is 7.07. The van der Waals surface area contributed by atoms with Gasteiger partial charge < -0.3 is 14.2 Å². The first kappa shape index (κ1) is 22.3. The van der Waals surface area contributed by atoms with Gasteiger partial charge in [0.1, 0.15) is 6.10 Å². The SMILES string of the molecule is COCCc1ccc(C(=O)OC2CCC(C3CCC(CCOC)CC3)CC2)cc1. The van der Waals surface area contributed by atoms with Crippen LogP contribution in [0.4, 0.5) is 0 Å². The van der Waals surface area contributed by atoms with E-state index in [4.69, 9.17) is 14.2 Å². The second-order valence-electron chi connectivity index (χ2n) is 8.94.